The Balaban J connectivity index is 2.02. The molecule has 5 nitrogen and oxygen atoms in total. The van der Waals surface area contributed by atoms with Crippen LogP contribution in [0.5, 0.6) is 0 Å². The Hall–Kier alpha value is -2.58. The molecule has 1 aromatic heterocycles. The summed E-state index contributed by atoms with van der Waals surface area (Å²) in [7, 11) is 0. The normalized spacial score (nSPS) is 11.6. The van der Waals surface area contributed by atoms with Gasteiger partial charge in [-0.05, 0) is 37.6 Å². The monoisotopic (exact) mass is 344 g/mol. The van der Waals surface area contributed by atoms with E-state index in [4.69, 9.17) is 0 Å². The SMILES string of the molecule is CC(C)n1nccc1NC(=O)NCc1cc(F)cc(C(F)(F)F)c1. The molecular weight excluding hydrogens is 328 g/mol. The van der Waals surface area contributed by atoms with Gasteiger partial charge in [0.05, 0.1) is 11.8 Å². The van der Waals surface area contributed by atoms with Crippen molar-refractivity contribution in [1.29, 1.82) is 0 Å². The van der Waals surface area contributed by atoms with Crippen molar-refractivity contribution in [1.82, 2.24) is 15.1 Å². The summed E-state index contributed by atoms with van der Waals surface area (Å²) in [6.45, 7) is 3.51. The van der Waals surface area contributed by atoms with Crippen molar-refractivity contribution in [2.45, 2.75) is 32.6 Å². The number of halogens is 4. The number of carbonyl (C=O) groups excluding carboxylic acids is 1. The minimum Gasteiger partial charge on any atom is -0.334 e. The van der Waals surface area contributed by atoms with Crippen molar-refractivity contribution in [2.24, 2.45) is 0 Å². The highest BCUT2D eigenvalue weighted by molar-refractivity contribution is 5.88. The number of nitrogens with zero attached hydrogens (tertiary/aromatic N) is 2. The number of hydrogen-bond acceptors (Lipinski definition) is 2. The topological polar surface area (TPSA) is 59.0 Å². The second-order valence-corrected chi connectivity index (χ2v) is 5.41. The first-order valence-electron chi connectivity index (χ1n) is 7.12. The lowest BCUT2D eigenvalue weighted by atomic mass is 10.1. The molecule has 0 saturated carbocycles. The van der Waals surface area contributed by atoms with Crippen LogP contribution in [0, 0.1) is 5.82 Å². The van der Waals surface area contributed by atoms with E-state index in [1.807, 2.05) is 13.8 Å². The third kappa shape index (κ3) is 4.46. The van der Waals surface area contributed by atoms with E-state index in [1.54, 1.807) is 10.7 Å². The van der Waals surface area contributed by atoms with Gasteiger partial charge in [0.1, 0.15) is 11.6 Å². The fourth-order valence-electron chi connectivity index (χ4n) is 2.08. The molecule has 2 rings (SSSR count). The third-order valence-corrected chi connectivity index (χ3v) is 3.14. The number of alkyl halides is 3. The highest BCUT2D eigenvalue weighted by Crippen LogP contribution is 2.30. The van der Waals surface area contributed by atoms with Gasteiger partial charge in [0.25, 0.3) is 0 Å². The van der Waals surface area contributed by atoms with Gasteiger partial charge in [-0.15, -0.1) is 0 Å². The molecule has 0 fully saturated rings. The first kappa shape index (κ1) is 17.8. The molecule has 0 bridgehead atoms. The number of hydrogen-bond donors (Lipinski definition) is 2. The predicted octanol–water partition coefficient (Wildman–Crippen LogP) is 3.94. The van der Waals surface area contributed by atoms with Gasteiger partial charge in [-0.2, -0.15) is 18.3 Å². The van der Waals surface area contributed by atoms with Gasteiger partial charge in [0, 0.05) is 18.7 Å². The second-order valence-electron chi connectivity index (χ2n) is 5.41. The molecule has 1 aromatic carbocycles. The molecule has 0 saturated heterocycles. The van der Waals surface area contributed by atoms with Crippen molar-refractivity contribution in [3.8, 4) is 0 Å². The van der Waals surface area contributed by atoms with Crippen molar-refractivity contribution >= 4 is 11.8 Å². The highest BCUT2D eigenvalue weighted by Gasteiger charge is 2.31. The maximum absolute atomic E-state index is 13.3. The van der Waals surface area contributed by atoms with E-state index in [1.165, 1.54) is 6.20 Å². The lowest BCUT2D eigenvalue weighted by Crippen LogP contribution is -2.29. The van der Waals surface area contributed by atoms with Crippen LogP contribution >= 0.6 is 0 Å². The third-order valence-electron chi connectivity index (χ3n) is 3.14. The smallest absolute Gasteiger partial charge is 0.334 e. The number of benzene rings is 1. The number of urea groups is 1. The van der Waals surface area contributed by atoms with E-state index in [9.17, 15) is 22.4 Å². The number of amides is 2. The van der Waals surface area contributed by atoms with Gasteiger partial charge >= 0.3 is 12.2 Å². The Labute approximate surface area is 135 Å². The zero-order valence-electron chi connectivity index (χ0n) is 13.0. The molecule has 2 aromatic rings. The average Bonchev–Trinajstić information content (AvgIpc) is 2.92. The van der Waals surface area contributed by atoms with E-state index >= 15 is 0 Å². The Bertz CT molecular complexity index is 725. The lowest BCUT2D eigenvalue weighted by Gasteiger charge is -2.13. The van der Waals surface area contributed by atoms with E-state index in [0.717, 1.165) is 12.1 Å². The Morgan fingerprint density at radius 1 is 1.29 bits per heavy atom. The summed E-state index contributed by atoms with van der Waals surface area (Å²) in [4.78, 5) is 11.8. The maximum atomic E-state index is 13.3. The fraction of sp³-hybridized carbons (Fsp3) is 0.333. The van der Waals surface area contributed by atoms with Crippen LogP contribution in [0.3, 0.4) is 0 Å². The summed E-state index contributed by atoms with van der Waals surface area (Å²) in [6.07, 6.45) is -3.14. The largest absolute Gasteiger partial charge is 0.416 e. The van der Waals surface area contributed by atoms with Crippen LogP contribution < -0.4 is 10.6 Å². The molecule has 0 aliphatic carbocycles. The van der Waals surface area contributed by atoms with Gasteiger partial charge < -0.3 is 5.32 Å². The molecule has 130 valence electrons. The zero-order valence-corrected chi connectivity index (χ0v) is 13.0. The van der Waals surface area contributed by atoms with Gasteiger partial charge in [-0.3, -0.25) is 5.32 Å². The quantitative estimate of drug-likeness (QED) is 0.825. The minimum atomic E-state index is -4.65. The molecule has 9 heteroatoms. The van der Waals surface area contributed by atoms with Crippen LogP contribution in [-0.2, 0) is 12.7 Å². The summed E-state index contributed by atoms with van der Waals surface area (Å²) in [5, 5.41) is 8.96. The van der Waals surface area contributed by atoms with Crippen LogP contribution in [-0.4, -0.2) is 15.8 Å². The fourth-order valence-corrected chi connectivity index (χ4v) is 2.08. The molecule has 0 aliphatic rings. The van der Waals surface area contributed by atoms with Crippen LogP contribution in [0.1, 0.15) is 31.0 Å². The van der Waals surface area contributed by atoms with Crippen molar-refractivity contribution in [2.75, 3.05) is 5.32 Å². The summed E-state index contributed by atoms with van der Waals surface area (Å²) in [5.74, 6) is -0.572. The summed E-state index contributed by atoms with van der Waals surface area (Å²) in [5.41, 5.74) is -1.09. The maximum Gasteiger partial charge on any atom is 0.416 e. The van der Waals surface area contributed by atoms with Crippen molar-refractivity contribution in [3.63, 3.8) is 0 Å². The predicted molar refractivity (Wildman–Crippen MR) is 79.9 cm³/mol. The van der Waals surface area contributed by atoms with Gasteiger partial charge in [-0.25, -0.2) is 13.9 Å². The number of rotatable bonds is 4. The average molecular weight is 344 g/mol. The Kier molecular flexibility index (Phi) is 5.10. The Morgan fingerprint density at radius 3 is 2.62 bits per heavy atom. The van der Waals surface area contributed by atoms with Crippen molar-refractivity contribution in [3.05, 3.63) is 47.4 Å². The molecule has 2 amide bonds. The molecule has 0 atom stereocenters. The number of carbonyl (C=O) groups is 1. The molecule has 0 aliphatic heterocycles. The summed E-state index contributed by atoms with van der Waals surface area (Å²) in [6, 6.07) is 3.12. The molecule has 0 unspecified atom stereocenters. The van der Waals surface area contributed by atoms with Crippen LogP contribution in [0.15, 0.2) is 30.5 Å². The number of aromatic nitrogens is 2. The van der Waals surface area contributed by atoms with Crippen molar-refractivity contribution < 1.29 is 22.4 Å². The first-order chi connectivity index (χ1) is 11.2. The zero-order chi connectivity index (χ0) is 17.9. The summed E-state index contributed by atoms with van der Waals surface area (Å²) < 4.78 is 52.8. The van der Waals surface area contributed by atoms with Crippen LogP contribution in [0.2, 0.25) is 0 Å². The molecular formula is C15H16F4N4O. The van der Waals surface area contributed by atoms with E-state index in [-0.39, 0.29) is 18.2 Å². The van der Waals surface area contributed by atoms with E-state index in [0.29, 0.717) is 11.9 Å². The number of nitrogens with one attached hydrogen (secondary N) is 2. The first-order valence-corrected chi connectivity index (χ1v) is 7.12. The molecule has 24 heavy (non-hydrogen) atoms. The lowest BCUT2D eigenvalue weighted by molar-refractivity contribution is -0.137. The molecule has 0 spiro atoms. The highest BCUT2D eigenvalue weighted by atomic mass is 19.4. The van der Waals surface area contributed by atoms with Gasteiger partial charge in [0.15, 0.2) is 0 Å². The van der Waals surface area contributed by atoms with Gasteiger partial charge in [0.2, 0.25) is 0 Å². The Morgan fingerprint density at radius 2 is 2.00 bits per heavy atom. The standard InChI is InChI=1S/C15H16F4N4O/c1-9(2)23-13(3-4-21-23)22-14(24)20-8-10-5-11(15(17,18)19)7-12(16)6-10/h3-7,9H,8H2,1-2H3,(H2,20,22,24). The number of anilines is 1. The second kappa shape index (κ2) is 6.90. The molecule has 1 heterocycles. The van der Waals surface area contributed by atoms with Crippen LogP contribution in [0.25, 0.3) is 0 Å². The van der Waals surface area contributed by atoms with E-state index in [2.05, 4.69) is 15.7 Å². The molecule has 2 N–H and O–H groups in total. The summed E-state index contributed by atoms with van der Waals surface area (Å²) >= 11 is 0. The van der Waals surface area contributed by atoms with Gasteiger partial charge in [-0.1, -0.05) is 0 Å². The van der Waals surface area contributed by atoms with Crippen LogP contribution in [0.4, 0.5) is 28.2 Å². The molecule has 0 radical (unpaired) electrons. The van der Waals surface area contributed by atoms with E-state index < -0.39 is 23.6 Å². The minimum absolute atomic E-state index is 0.00911.